The molecule has 0 spiro atoms. The van der Waals surface area contributed by atoms with Gasteiger partial charge < -0.3 is 10.2 Å². The summed E-state index contributed by atoms with van der Waals surface area (Å²) in [5, 5.41) is 3.34. The lowest BCUT2D eigenvalue weighted by atomic mass is 10.1. The Balaban J connectivity index is 2.14. The first-order valence-electron chi connectivity index (χ1n) is 6.88. The highest BCUT2D eigenvalue weighted by molar-refractivity contribution is 7.88. The first-order valence-corrected chi connectivity index (χ1v) is 8.77. The second-order valence-electron chi connectivity index (χ2n) is 5.46. The highest BCUT2D eigenvalue weighted by atomic mass is 32.2. The maximum Gasteiger partial charge on any atom is 0.236 e. The molecule has 118 valence electrons. The number of piperidine rings is 1. The topological polar surface area (TPSA) is 81.8 Å². The van der Waals surface area contributed by atoms with Gasteiger partial charge in [-0.1, -0.05) is 0 Å². The molecule has 1 aliphatic rings. The Morgan fingerprint density at radius 1 is 1.25 bits per heavy atom. The summed E-state index contributed by atoms with van der Waals surface area (Å²) < 4.78 is 24.3. The van der Waals surface area contributed by atoms with Gasteiger partial charge in [0.2, 0.25) is 15.9 Å². The van der Waals surface area contributed by atoms with Crippen LogP contribution in [0.4, 0.5) is 0 Å². The van der Waals surface area contributed by atoms with Crippen molar-refractivity contribution in [2.45, 2.75) is 18.9 Å². The Morgan fingerprint density at radius 2 is 1.85 bits per heavy atom. The molecular weight excluding hydrogens is 280 g/mol. The highest BCUT2D eigenvalue weighted by Crippen LogP contribution is 2.09. The molecule has 0 saturated carbocycles. The molecule has 7 nitrogen and oxygen atoms in total. The minimum absolute atomic E-state index is 0.133. The summed E-state index contributed by atoms with van der Waals surface area (Å²) in [5.41, 5.74) is 0. The number of sulfonamides is 1. The molecule has 0 radical (unpaired) electrons. The highest BCUT2D eigenvalue weighted by Gasteiger charge is 2.20. The molecule has 0 aliphatic carbocycles. The van der Waals surface area contributed by atoms with Crippen molar-refractivity contribution >= 4 is 15.9 Å². The number of hydrogen-bond donors (Lipinski definition) is 2. The van der Waals surface area contributed by atoms with E-state index in [1.54, 1.807) is 19.0 Å². The van der Waals surface area contributed by atoms with Crippen molar-refractivity contribution in [1.82, 2.24) is 19.8 Å². The van der Waals surface area contributed by atoms with Crippen molar-refractivity contribution in [2.75, 3.05) is 53.1 Å². The number of rotatable bonds is 7. The average molecular weight is 306 g/mol. The Labute approximate surface area is 121 Å². The minimum Gasteiger partial charge on any atom is -0.348 e. The van der Waals surface area contributed by atoms with Crippen LogP contribution in [-0.4, -0.2) is 83.2 Å². The number of carbonyl (C=O) groups excluding carboxylic acids is 1. The minimum atomic E-state index is -3.10. The van der Waals surface area contributed by atoms with Gasteiger partial charge in [-0.3, -0.25) is 9.69 Å². The van der Waals surface area contributed by atoms with Crippen LogP contribution in [0.3, 0.4) is 0 Å². The Morgan fingerprint density at radius 3 is 2.35 bits per heavy atom. The predicted octanol–water partition coefficient (Wildman–Crippen LogP) is -1.32. The molecule has 1 aliphatic heterocycles. The Hall–Kier alpha value is -0.700. The van der Waals surface area contributed by atoms with E-state index in [2.05, 4.69) is 14.9 Å². The molecular formula is C12H26N4O3S. The quantitative estimate of drug-likeness (QED) is 0.570. The fourth-order valence-corrected chi connectivity index (χ4v) is 2.61. The van der Waals surface area contributed by atoms with Gasteiger partial charge in [0.1, 0.15) is 0 Å². The molecule has 1 heterocycles. The summed E-state index contributed by atoms with van der Waals surface area (Å²) in [7, 11) is 0.441. The summed E-state index contributed by atoms with van der Waals surface area (Å²) >= 11 is 0. The maximum atomic E-state index is 11.6. The van der Waals surface area contributed by atoms with Gasteiger partial charge in [-0.2, -0.15) is 0 Å². The third kappa shape index (κ3) is 7.18. The fraction of sp³-hybridized carbons (Fsp3) is 0.917. The molecule has 8 heteroatoms. The zero-order valence-corrected chi connectivity index (χ0v) is 13.4. The number of carbonyl (C=O) groups is 1. The van der Waals surface area contributed by atoms with E-state index < -0.39 is 10.0 Å². The van der Waals surface area contributed by atoms with Crippen LogP contribution in [0.2, 0.25) is 0 Å². The van der Waals surface area contributed by atoms with E-state index >= 15 is 0 Å². The number of nitrogens with zero attached hydrogens (tertiary/aromatic N) is 2. The van der Waals surface area contributed by atoms with E-state index in [0.717, 1.165) is 32.2 Å². The summed E-state index contributed by atoms with van der Waals surface area (Å²) in [4.78, 5) is 15.4. The lowest BCUT2D eigenvalue weighted by molar-refractivity contribution is -0.130. The van der Waals surface area contributed by atoms with Crippen molar-refractivity contribution in [1.29, 1.82) is 0 Å². The zero-order chi connectivity index (χ0) is 15.2. The third-order valence-corrected chi connectivity index (χ3v) is 4.10. The summed E-state index contributed by atoms with van der Waals surface area (Å²) in [5.74, 6) is 0.133. The number of hydrogen-bond acceptors (Lipinski definition) is 5. The monoisotopic (exact) mass is 306 g/mol. The van der Waals surface area contributed by atoms with Crippen LogP contribution in [0.5, 0.6) is 0 Å². The van der Waals surface area contributed by atoms with Crippen LogP contribution in [0.1, 0.15) is 12.8 Å². The molecule has 1 fully saturated rings. The van der Waals surface area contributed by atoms with Crippen molar-refractivity contribution in [2.24, 2.45) is 0 Å². The largest absolute Gasteiger partial charge is 0.348 e. The zero-order valence-electron chi connectivity index (χ0n) is 12.6. The van der Waals surface area contributed by atoms with Crippen molar-refractivity contribution in [3.8, 4) is 0 Å². The van der Waals surface area contributed by atoms with E-state index in [9.17, 15) is 13.2 Å². The third-order valence-electron chi connectivity index (χ3n) is 3.37. The number of amides is 1. The van der Waals surface area contributed by atoms with E-state index in [1.807, 2.05) is 0 Å². The lowest BCUT2D eigenvalue weighted by Crippen LogP contribution is -2.47. The van der Waals surface area contributed by atoms with E-state index in [-0.39, 0.29) is 5.91 Å². The smallest absolute Gasteiger partial charge is 0.236 e. The second kappa shape index (κ2) is 7.92. The van der Waals surface area contributed by atoms with Gasteiger partial charge in [0.15, 0.2) is 0 Å². The first kappa shape index (κ1) is 17.4. The maximum absolute atomic E-state index is 11.6. The van der Waals surface area contributed by atoms with Crippen LogP contribution in [0, 0.1) is 0 Å². The van der Waals surface area contributed by atoms with E-state index in [1.165, 1.54) is 0 Å². The van der Waals surface area contributed by atoms with Gasteiger partial charge in [0.25, 0.3) is 0 Å². The molecule has 0 aromatic carbocycles. The standard InChI is InChI=1S/C12H26N4O3S/c1-15(2)12(17)10-16-8-4-11(5-9-16)13-6-7-14-20(3,18)19/h11,13-14H,4-10H2,1-3H3. The molecule has 1 saturated heterocycles. The molecule has 2 N–H and O–H groups in total. The van der Waals surface area contributed by atoms with Crippen LogP contribution in [0.15, 0.2) is 0 Å². The first-order chi connectivity index (χ1) is 9.28. The molecule has 1 amide bonds. The molecule has 1 rings (SSSR count). The Bertz CT molecular complexity index is 403. The number of nitrogens with one attached hydrogen (secondary N) is 2. The second-order valence-corrected chi connectivity index (χ2v) is 7.29. The van der Waals surface area contributed by atoms with Crippen molar-refractivity contribution in [3.05, 3.63) is 0 Å². The fourth-order valence-electron chi connectivity index (χ4n) is 2.14. The van der Waals surface area contributed by atoms with Crippen molar-refractivity contribution in [3.63, 3.8) is 0 Å². The lowest BCUT2D eigenvalue weighted by Gasteiger charge is -2.32. The van der Waals surface area contributed by atoms with Gasteiger partial charge in [0, 0.05) is 46.3 Å². The number of likely N-dealkylation sites (N-methyl/N-ethyl adjacent to an activating group) is 1. The van der Waals surface area contributed by atoms with Crippen LogP contribution in [-0.2, 0) is 14.8 Å². The number of likely N-dealkylation sites (tertiary alicyclic amines) is 1. The van der Waals surface area contributed by atoms with Gasteiger partial charge in [-0.25, -0.2) is 13.1 Å². The summed E-state index contributed by atoms with van der Waals surface area (Å²) in [6.07, 6.45) is 3.13. The van der Waals surface area contributed by atoms with Gasteiger partial charge in [0.05, 0.1) is 12.8 Å². The molecule has 0 atom stereocenters. The van der Waals surface area contributed by atoms with Gasteiger partial charge in [-0.05, 0) is 12.8 Å². The predicted molar refractivity (Wildman–Crippen MR) is 79.0 cm³/mol. The van der Waals surface area contributed by atoms with Crippen LogP contribution < -0.4 is 10.0 Å². The SMILES string of the molecule is CN(C)C(=O)CN1CCC(NCCNS(C)(=O)=O)CC1. The average Bonchev–Trinajstić information content (AvgIpc) is 2.35. The summed E-state index contributed by atoms with van der Waals surface area (Å²) in [6.45, 7) is 3.33. The van der Waals surface area contributed by atoms with Crippen molar-refractivity contribution < 1.29 is 13.2 Å². The van der Waals surface area contributed by atoms with E-state index in [4.69, 9.17) is 0 Å². The molecule has 0 bridgehead atoms. The molecule has 20 heavy (non-hydrogen) atoms. The molecule has 0 aromatic heterocycles. The normalized spacial score (nSPS) is 18.1. The molecule has 0 aromatic rings. The Kier molecular flexibility index (Phi) is 6.87. The van der Waals surface area contributed by atoms with Crippen LogP contribution >= 0.6 is 0 Å². The summed E-state index contributed by atoms with van der Waals surface area (Å²) in [6, 6.07) is 0.405. The van der Waals surface area contributed by atoms with E-state index in [0.29, 0.717) is 25.7 Å². The van der Waals surface area contributed by atoms with Gasteiger partial charge >= 0.3 is 0 Å². The van der Waals surface area contributed by atoms with Gasteiger partial charge in [-0.15, -0.1) is 0 Å². The van der Waals surface area contributed by atoms with Crippen LogP contribution in [0.25, 0.3) is 0 Å². The molecule has 0 unspecified atom stereocenters.